The van der Waals surface area contributed by atoms with Crippen molar-refractivity contribution < 1.29 is 0 Å². The van der Waals surface area contributed by atoms with Gasteiger partial charge in [-0.05, 0) is 170 Å². The Morgan fingerprint density at radius 1 is 0.333 bits per heavy atom. The number of hydrogen-bond acceptors (Lipinski definition) is 2. The van der Waals surface area contributed by atoms with E-state index in [0.717, 1.165) is 18.5 Å². The van der Waals surface area contributed by atoms with Gasteiger partial charge in [-0.1, -0.05) is 146 Å². The Labute approximate surface area is 357 Å². The summed E-state index contributed by atoms with van der Waals surface area (Å²) >= 11 is 0. The van der Waals surface area contributed by atoms with E-state index in [1.165, 1.54) is 95.2 Å². The van der Waals surface area contributed by atoms with Crippen molar-refractivity contribution in [3.05, 3.63) is 238 Å². The third kappa shape index (κ3) is 8.75. The zero-order chi connectivity index (χ0) is 41.6. The molecule has 0 heterocycles. The van der Waals surface area contributed by atoms with Crippen molar-refractivity contribution in [3.8, 4) is 11.1 Å². The fraction of sp³-hybridized carbons (Fsp3) is 0.138. The lowest BCUT2D eigenvalue weighted by Gasteiger charge is -2.31. The average Bonchev–Trinajstić information content (AvgIpc) is 3.26. The van der Waals surface area contributed by atoms with Gasteiger partial charge in [0.15, 0.2) is 0 Å². The molecule has 0 bridgehead atoms. The molecule has 8 rings (SSSR count). The summed E-state index contributed by atoms with van der Waals surface area (Å²) in [5, 5.41) is 0. The number of para-hydroxylation sites is 2. The molecule has 0 amide bonds. The lowest BCUT2D eigenvalue weighted by atomic mass is 9.97. The van der Waals surface area contributed by atoms with Gasteiger partial charge in [0.2, 0.25) is 0 Å². The standard InChI is InChI=1S/C58H54N2/c1-41-15-13-16-42(2)57(41)59(53-33-27-49(28-34-53)25-23-47-19-9-7-10-20-47)55-37-31-51(39-45(55)5)52-32-38-56(46(6)40-52)60(58-43(3)17-14-18-44(58)4)54-35-29-50(30-36-54)26-24-48-21-11-8-12-22-48/h7-23,25,27-40H,24,26H2,1-6H3/b25-23+. The smallest absolute Gasteiger partial charge is 0.0520 e. The van der Waals surface area contributed by atoms with Crippen LogP contribution in [-0.4, -0.2) is 0 Å². The van der Waals surface area contributed by atoms with Crippen LogP contribution in [0.15, 0.2) is 182 Å². The fourth-order valence-electron chi connectivity index (χ4n) is 8.50. The molecule has 60 heavy (non-hydrogen) atoms. The van der Waals surface area contributed by atoms with Gasteiger partial charge in [0, 0.05) is 22.7 Å². The van der Waals surface area contributed by atoms with E-state index in [0.29, 0.717) is 0 Å². The van der Waals surface area contributed by atoms with E-state index in [-0.39, 0.29) is 0 Å². The molecule has 8 aromatic carbocycles. The predicted molar refractivity (Wildman–Crippen MR) is 259 cm³/mol. The number of hydrogen-bond donors (Lipinski definition) is 0. The molecule has 0 aromatic heterocycles. The highest BCUT2D eigenvalue weighted by atomic mass is 15.2. The SMILES string of the molecule is Cc1cc(-c2ccc(N(c3ccc(CCc4ccccc4)cc3)c3c(C)cccc3C)c(C)c2)ccc1N(c1ccc(/C=C/c2ccccc2)cc1)c1c(C)cccc1C. The molecule has 0 aliphatic rings. The van der Waals surface area contributed by atoms with E-state index >= 15 is 0 Å². The monoisotopic (exact) mass is 778 g/mol. The van der Waals surface area contributed by atoms with Gasteiger partial charge in [0.25, 0.3) is 0 Å². The van der Waals surface area contributed by atoms with Crippen LogP contribution in [0.5, 0.6) is 0 Å². The molecule has 0 atom stereocenters. The first-order chi connectivity index (χ1) is 29.2. The van der Waals surface area contributed by atoms with Crippen LogP contribution in [0, 0.1) is 41.5 Å². The molecular formula is C58H54N2. The molecule has 0 aliphatic heterocycles. The van der Waals surface area contributed by atoms with Crippen LogP contribution in [0.2, 0.25) is 0 Å². The minimum Gasteiger partial charge on any atom is -0.310 e. The third-order valence-electron chi connectivity index (χ3n) is 11.7. The number of benzene rings is 8. The molecule has 0 radical (unpaired) electrons. The van der Waals surface area contributed by atoms with Crippen LogP contribution in [-0.2, 0) is 12.8 Å². The number of aryl methyl sites for hydroxylation is 8. The summed E-state index contributed by atoms with van der Waals surface area (Å²) in [7, 11) is 0. The Bertz CT molecular complexity index is 2700. The Kier molecular flexibility index (Phi) is 11.9. The number of nitrogens with zero attached hydrogens (tertiary/aromatic N) is 2. The first kappa shape index (κ1) is 39.9. The molecule has 2 nitrogen and oxygen atoms in total. The molecule has 296 valence electrons. The van der Waals surface area contributed by atoms with E-state index in [1.54, 1.807) is 0 Å². The van der Waals surface area contributed by atoms with E-state index in [1.807, 2.05) is 0 Å². The molecule has 2 heteroatoms. The zero-order valence-electron chi connectivity index (χ0n) is 35.8. The van der Waals surface area contributed by atoms with Gasteiger partial charge < -0.3 is 9.80 Å². The van der Waals surface area contributed by atoms with Crippen LogP contribution in [0.4, 0.5) is 34.1 Å². The predicted octanol–water partition coefficient (Wildman–Crippen LogP) is 16.1. The van der Waals surface area contributed by atoms with Crippen molar-refractivity contribution in [2.45, 2.75) is 54.4 Å². The topological polar surface area (TPSA) is 6.48 Å². The van der Waals surface area contributed by atoms with Gasteiger partial charge in [-0.15, -0.1) is 0 Å². The highest BCUT2D eigenvalue weighted by Gasteiger charge is 2.21. The minimum atomic E-state index is 1.01. The molecule has 0 saturated carbocycles. The van der Waals surface area contributed by atoms with E-state index < -0.39 is 0 Å². The lowest BCUT2D eigenvalue weighted by Crippen LogP contribution is -2.14. The second kappa shape index (κ2) is 17.9. The van der Waals surface area contributed by atoms with Crippen LogP contribution in [0.3, 0.4) is 0 Å². The second-order valence-electron chi connectivity index (χ2n) is 16.1. The van der Waals surface area contributed by atoms with Gasteiger partial charge in [-0.2, -0.15) is 0 Å². The first-order valence-electron chi connectivity index (χ1n) is 21.1. The van der Waals surface area contributed by atoms with Crippen LogP contribution in [0.1, 0.15) is 55.6 Å². The average molecular weight is 779 g/mol. The molecule has 8 aromatic rings. The van der Waals surface area contributed by atoms with Crippen molar-refractivity contribution in [3.63, 3.8) is 0 Å². The highest BCUT2D eigenvalue weighted by Crippen LogP contribution is 2.44. The highest BCUT2D eigenvalue weighted by molar-refractivity contribution is 5.86. The fourth-order valence-corrected chi connectivity index (χ4v) is 8.50. The van der Waals surface area contributed by atoms with Crippen molar-refractivity contribution in [2.24, 2.45) is 0 Å². The maximum Gasteiger partial charge on any atom is 0.0520 e. The lowest BCUT2D eigenvalue weighted by molar-refractivity contribution is 0.960. The Morgan fingerprint density at radius 2 is 0.717 bits per heavy atom. The quantitative estimate of drug-likeness (QED) is 0.114. The molecule has 0 saturated heterocycles. The molecule has 0 spiro atoms. The number of anilines is 6. The van der Waals surface area contributed by atoms with Crippen molar-refractivity contribution in [2.75, 3.05) is 9.80 Å². The maximum absolute atomic E-state index is 2.45. The summed E-state index contributed by atoms with van der Waals surface area (Å²) in [6.45, 7) is 13.3. The van der Waals surface area contributed by atoms with Gasteiger partial charge in [-0.25, -0.2) is 0 Å². The summed E-state index contributed by atoms with van der Waals surface area (Å²) in [5.41, 5.74) is 22.0. The number of rotatable bonds is 12. The van der Waals surface area contributed by atoms with E-state index in [4.69, 9.17) is 0 Å². The third-order valence-corrected chi connectivity index (χ3v) is 11.7. The van der Waals surface area contributed by atoms with Gasteiger partial charge in [0.1, 0.15) is 0 Å². The second-order valence-corrected chi connectivity index (χ2v) is 16.1. The van der Waals surface area contributed by atoms with Crippen molar-refractivity contribution in [1.29, 1.82) is 0 Å². The zero-order valence-corrected chi connectivity index (χ0v) is 35.8. The molecular weight excluding hydrogens is 725 g/mol. The van der Waals surface area contributed by atoms with Crippen molar-refractivity contribution in [1.82, 2.24) is 0 Å². The summed E-state index contributed by atoms with van der Waals surface area (Å²) in [6.07, 6.45) is 6.40. The van der Waals surface area contributed by atoms with Gasteiger partial charge >= 0.3 is 0 Å². The summed E-state index contributed by atoms with van der Waals surface area (Å²) in [5.74, 6) is 0. The maximum atomic E-state index is 2.45. The summed E-state index contributed by atoms with van der Waals surface area (Å²) < 4.78 is 0. The van der Waals surface area contributed by atoms with Gasteiger partial charge in [-0.3, -0.25) is 0 Å². The Hall–Kier alpha value is -6.90. The Balaban J connectivity index is 1.11. The molecule has 0 aliphatic carbocycles. The van der Waals surface area contributed by atoms with Gasteiger partial charge in [0.05, 0.1) is 11.4 Å². The Morgan fingerprint density at radius 3 is 1.15 bits per heavy atom. The molecule has 0 N–H and O–H groups in total. The summed E-state index contributed by atoms with van der Waals surface area (Å²) in [4.78, 5) is 4.88. The van der Waals surface area contributed by atoms with Crippen LogP contribution in [0.25, 0.3) is 23.3 Å². The van der Waals surface area contributed by atoms with E-state index in [2.05, 4.69) is 245 Å². The first-order valence-corrected chi connectivity index (χ1v) is 21.1. The van der Waals surface area contributed by atoms with Crippen molar-refractivity contribution >= 4 is 46.3 Å². The van der Waals surface area contributed by atoms with Crippen LogP contribution < -0.4 is 9.80 Å². The molecule has 0 fully saturated rings. The molecule has 0 unspecified atom stereocenters. The normalized spacial score (nSPS) is 11.2. The van der Waals surface area contributed by atoms with E-state index in [9.17, 15) is 0 Å². The van der Waals surface area contributed by atoms with Crippen LogP contribution >= 0.6 is 0 Å². The summed E-state index contributed by atoms with van der Waals surface area (Å²) in [6, 6.07) is 66.3. The minimum absolute atomic E-state index is 1.01. The largest absolute Gasteiger partial charge is 0.310 e.